The van der Waals surface area contributed by atoms with Gasteiger partial charge in [0.2, 0.25) is 5.88 Å². The van der Waals surface area contributed by atoms with Crippen LogP contribution in [0.2, 0.25) is 0 Å². The summed E-state index contributed by atoms with van der Waals surface area (Å²) in [5, 5.41) is 13.9. The van der Waals surface area contributed by atoms with Crippen LogP contribution in [0.25, 0.3) is 0 Å². The Balaban J connectivity index is 2.18. The van der Waals surface area contributed by atoms with Crippen LogP contribution >= 0.6 is 0 Å². The topological polar surface area (TPSA) is 77.3 Å². The number of anilines is 1. The number of pyridine rings is 1. The van der Waals surface area contributed by atoms with Crippen LogP contribution in [-0.2, 0) is 6.54 Å². The summed E-state index contributed by atoms with van der Waals surface area (Å²) in [5.74, 6) is -0.110. The van der Waals surface area contributed by atoms with E-state index in [2.05, 4.69) is 10.3 Å². The highest BCUT2D eigenvalue weighted by atomic mass is 19.1. The van der Waals surface area contributed by atoms with Crippen LogP contribution in [0.4, 0.5) is 15.8 Å². The van der Waals surface area contributed by atoms with Crippen molar-refractivity contribution in [3.8, 4) is 5.88 Å². The molecule has 1 heterocycles. The molecule has 0 unspecified atom stereocenters. The molecule has 2 rings (SSSR count). The van der Waals surface area contributed by atoms with Gasteiger partial charge < -0.3 is 10.1 Å². The first-order valence-corrected chi connectivity index (χ1v) is 6.18. The van der Waals surface area contributed by atoms with E-state index >= 15 is 0 Å². The van der Waals surface area contributed by atoms with Gasteiger partial charge in [0.25, 0.3) is 5.69 Å². The van der Waals surface area contributed by atoms with E-state index in [1.54, 1.807) is 25.3 Å². The highest BCUT2D eigenvalue weighted by Crippen LogP contribution is 2.27. The molecule has 1 N–H and O–H groups in total. The first-order chi connectivity index (χ1) is 10.0. The van der Waals surface area contributed by atoms with Crippen LogP contribution in [0.1, 0.15) is 11.1 Å². The molecular formula is C14H14FN3O3. The number of ether oxygens (including phenoxy) is 1. The fourth-order valence-corrected chi connectivity index (χ4v) is 1.80. The SMILES string of the molecule is COc1ccc(CNc2cc(C)c(F)cc2[N+](=O)[O-])cn1. The van der Waals surface area contributed by atoms with Crippen LogP contribution in [0.5, 0.6) is 5.88 Å². The summed E-state index contributed by atoms with van der Waals surface area (Å²) in [4.78, 5) is 14.4. The van der Waals surface area contributed by atoms with Crippen molar-refractivity contribution in [3.05, 3.63) is 57.5 Å². The Morgan fingerprint density at radius 3 is 2.76 bits per heavy atom. The number of hydrogen-bond acceptors (Lipinski definition) is 5. The number of nitrogens with one attached hydrogen (secondary N) is 1. The molecule has 0 amide bonds. The van der Waals surface area contributed by atoms with Gasteiger partial charge in [0.15, 0.2) is 0 Å². The van der Waals surface area contributed by atoms with E-state index in [4.69, 9.17) is 4.74 Å². The fraction of sp³-hybridized carbons (Fsp3) is 0.214. The summed E-state index contributed by atoms with van der Waals surface area (Å²) in [5.41, 5.74) is 1.15. The van der Waals surface area contributed by atoms with Crippen molar-refractivity contribution in [3.63, 3.8) is 0 Å². The first kappa shape index (κ1) is 14.7. The molecule has 0 fully saturated rings. The lowest BCUT2D eigenvalue weighted by Crippen LogP contribution is -2.04. The Hall–Kier alpha value is -2.70. The molecule has 21 heavy (non-hydrogen) atoms. The van der Waals surface area contributed by atoms with Crippen molar-refractivity contribution in [2.75, 3.05) is 12.4 Å². The molecule has 1 aromatic heterocycles. The fourth-order valence-electron chi connectivity index (χ4n) is 1.80. The molecule has 7 heteroatoms. The quantitative estimate of drug-likeness (QED) is 0.676. The lowest BCUT2D eigenvalue weighted by atomic mass is 10.1. The van der Waals surface area contributed by atoms with E-state index in [-0.39, 0.29) is 11.4 Å². The summed E-state index contributed by atoms with van der Waals surface area (Å²) < 4.78 is 18.4. The van der Waals surface area contributed by atoms with Gasteiger partial charge in [-0.15, -0.1) is 0 Å². The van der Waals surface area contributed by atoms with Crippen molar-refractivity contribution in [2.24, 2.45) is 0 Å². The second-order valence-corrected chi connectivity index (χ2v) is 4.44. The number of aromatic nitrogens is 1. The molecule has 0 saturated carbocycles. The largest absolute Gasteiger partial charge is 0.481 e. The van der Waals surface area contributed by atoms with Crippen molar-refractivity contribution >= 4 is 11.4 Å². The van der Waals surface area contributed by atoms with E-state index in [1.807, 2.05) is 0 Å². The zero-order valence-corrected chi connectivity index (χ0v) is 11.6. The van der Waals surface area contributed by atoms with E-state index in [0.717, 1.165) is 11.6 Å². The summed E-state index contributed by atoms with van der Waals surface area (Å²) in [6, 6.07) is 5.83. The highest BCUT2D eigenvalue weighted by Gasteiger charge is 2.16. The normalized spacial score (nSPS) is 10.2. The number of aryl methyl sites for hydroxylation is 1. The lowest BCUT2D eigenvalue weighted by molar-refractivity contribution is -0.384. The predicted octanol–water partition coefficient (Wildman–Crippen LogP) is 3.06. The van der Waals surface area contributed by atoms with E-state index in [0.29, 0.717) is 18.0 Å². The van der Waals surface area contributed by atoms with Gasteiger partial charge >= 0.3 is 0 Å². The summed E-state index contributed by atoms with van der Waals surface area (Å²) in [6.45, 7) is 1.89. The number of nitrogens with zero attached hydrogens (tertiary/aromatic N) is 2. The Labute approximate surface area is 120 Å². The zero-order chi connectivity index (χ0) is 15.4. The van der Waals surface area contributed by atoms with E-state index in [9.17, 15) is 14.5 Å². The monoisotopic (exact) mass is 291 g/mol. The molecule has 0 saturated heterocycles. The molecule has 0 aliphatic carbocycles. The van der Waals surface area contributed by atoms with Gasteiger partial charge in [0.1, 0.15) is 11.5 Å². The maximum absolute atomic E-state index is 13.4. The molecule has 0 spiro atoms. The van der Waals surface area contributed by atoms with Crippen molar-refractivity contribution < 1.29 is 14.1 Å². The van der Waals surface area contributed by atoms with Gasteiger partial charge in [0.05, 0.1) is 18.1 Å². The molecular weight excluding hydrogens is 277 g/mol. The summed E-state index contributed by atoms with van der Waals surface area (Å²) in [7, 11) is 1.52. The smallest absolute Gasteiger partial charge is 0.295 e. The summed E-state index contributed by atoms with van der Waals surface area (Å²) >= 11 is 0. The second kappa shape index (κ2) is 6.17. The number of rotatable bonds is 5. The Bertz CT molecular complexity index is 659. The number of hydrogen-bond donors (Lipinski definition) is 1. The molecule has 2 aromatic rings. The molecule has 0 aliphatic rings. The molecule has 0 radical (unpaired) electrons. The van der Waals surface area contributed by atoms with E-state index < -0.39 is 10.7 Å². The molecule has 6 nitrogen and oxygen atoms in total. The number of methoxy groups -OCH3 is 1. The van der Waals surface area contributed by atoms with E-state index in [1.165, 1.54) is 13.2 Å². The average Bonchev–Trinajstić information content (AvgIpc) is 2.48. The number of halogens is 1. The Morgan fingerprint density at radius 2 is 2.19 bits per heavy atom. The maximum Gasteiger partial charge on any atom is 0.295 e. The molecule has 0 atom stereocenters. The highest BCUT2D eigenvalue weighted by molar-refractivity contribution is 5.63. The molecule has 0 aliphatic heterocycles. The third-order valence-electron chi connectivity index (χ3n) is 2.96. The minimum Gasteiger partial charge on any atom is -0.481 e. The third-order valence-corrected chi connectivity index (χ3v) is 2.96. The first-order valence-electron chi connectivity index (χ1n) is 6.18. The van der Waals surface area contributed by atoms with Gasteiger partial charge in [-0.1, -0.05) is 6.07 Å². The number of nitro benzene ring substituents is 1. The lowest BCUT2D eigenvalue weighted by Gasteiger charge is -2.09. The zero-order valence-electron chi connectivity index (χ0n) is 11.6. The van der Waals surface area contributed by atoms with Gasteiger partial charge in [-0.25, -0.2) is 9.37 Å². The molecule has 0 bridgehead atoms. The third kappa shape index (κ3) is 3.44. The molecule has 1 aromatic carbocycles. The van der Waals surface area contributed by atoms with Gasteiger partial charge in [-0.3, -0.25) is 10.1 Å². The minimum absolute atomic E-state index is 0.273. The number of nitro groups is 1. The number of benzene rings is 1. The average molecular weight is 291 g/mol. The van der Waals surface area contributed by atoms with Crippen LogP contribution in [0.3, 0.4) is 0 Å². The Kier molecular flexibility index (Phi) is 4.32. The predicted molar refractivity (Wildman–Crippen MR) is 75.9 cm³/mol. The van der Waals surface area contributed by atoms with Crippen molar-refractivity contribution in [1.29, 1.82) is 0 Å². The second-order valence-electron chi connectivity index (χ2n) is 4.44. The Morgan fingerprint density at radius 1 is 1.43 bits per heavy atom. The van der Waals surface area contributed by atoms with Crippen LogP contribution < -0.4 is 10.1 Å². The minimum atomic E-state index is -0.614. The summed E-state index contributed by atoms with van der Waals surface area (Å²) in [6.07, 6.45) is 1.61. The van der Waals surface area contributed by atoms with Crippen LogP contribution in [0.15, 0.2) is 30.5 Å². The van der Waals surface area contributed by atoms with Gasteiger partial charge in [0, 0.05) is 18.8 Å². The van der Waals surface area contributed by atoms with Crippen LogP contribution in [0, 0.1) is 22.9 Å². The molecule has 110 valence electrons. The van der Waals surface area contributed by atoms with Gasteiger partial charge in [-0.2, -0.15) is 0 Å². The van der Waals surface area contributed by atoms with Gasteiger partial charge in [-0.05, 0) is 24.1 Å². The van der Waals surface area contributed by atoms with Crippen molar-refractivity contribution in [1.82, 2.24) is 4.98 Å². The van der Waals surface area contributed by atoms with Crippen molar-refractivity contribution in [2.45, 2.75) is 13.5 Å². The standard InChI is InChI=1S/C14H14FN3O3/c1-9-5-12(13(18(19)20)6-11(9)15)16-7-10-3-4-14(21-2)17-8-10/h3-6,8,16H,7H2,1-2H3. The van der Waals surface area contributed by atoms with Crippen LogP contribution in [-0.4, -0.2) is 17.0 Å². The maximum atomic E-state index is 13.4.